The van der Waals surface area contributed by atoms with E-state index in [0.29, 0.717) is 0 Å². The largest absolute Gasteiger partial charge is 0.342 e. The van der Waals surface area contributed by atoms with Gasteiger partial charge >= 0.3 is 0 Å². The van der Waals surface area contributed by atoms with Gasteiger partial charge in [0, 0.05) is 34.3 Å². The van der Waals surface area contributed by atoms with Gasteiger partial charge in [0.2, 0.25) is 0 Å². The number of fused-ring (bicyclic) bond motifs is 3. The van der Waals surface area contributed by atoms with Crippen LogP contribution in [0.5, 0.6) is 0 Å². The number of para-hydroxylation sites is 1. The van der Waals surface area contributed by atoms with E-state index in [9.17, 15) is 0 Å². The lowest BCUT2D eigenvalue weighted by Crippen LogP contribution is -2.04. The predicted molar refractivity (Wildman–Crippen MR) is 110 cm³/mol. The topological polar surface area (TPSA) is 30.7 Å². The predicted octanol–water partition coefficient (Wildman–Crippen LogP) is 5.90. The van der Waals surface area contributed by atoms with Gasteiger partial charge in [0.15, 0.2) is 0 Å². The third-order valence-corrected chi connectivity index (χ3v) is 5.08. The van der Waals surface area contributed by atoms with Crippen molar-refractivity contribution in [3.63, 3.8) is 0 Å². The molecule has 3 aromatic rings. The summed E-state index contributed by atoms with van der Waals surface area (Å²) in [5.41, 5.74) is 6.34. The zero-order valence-corrected chi connectivity index (χ0v) is 15.3. The minimum absolute atomic E-state index is 0.750. The Kier molecular flexibility index (Phi) is 3.88. The molecule has 0 fully saturated rings. The van der Waals surface area contributed by atoms with E-state index in [-0.39, 0.29) is 0 Å². The van der Waals surface area contributed by atoms with Crippen molar-refractivity contribution in [2.24, 2.45) is 0 Å². The van der Waals surface area contributed by atoms with Crippen molar-refractivity contribution in [2.75, 3.05) is 0 Å². The summed E-state index contributed by atoms with van der Waals surface area (Å²) >= 11 is 6.04. The summed E-state index contributed by atoms with van der Waals surface area (Å²) in [5.74, 6) is 0. The van der Waals surface area contributed by atoms with Gasteiger partial charge < -0.3 is 4.57 Å². The first-order valence-corrected chi connectivity index (χ1v) is 9.21. The molecule has 0 aliphatic carbocycles. The van der Waals surface area contributed by atoms with Gasteiger partial charge in [-0.2, -0.15) is 0 Å². The monoisotopic (exact) mass is 369 g/mol. The number of hydrogen-bond acceptors (Lipinski definition) is 2. The van der Waals surface area contributed by atoms with Crippen LogP contribution in [0.4, 0.5) is 0 Å². The number of benzene rings is 3. The first-order chi connectivity index (χ1) is 13.3. The average molecular weight is 370 g/mol. The Hall–Kier alpha value is -3.17. The van der Waals surface area contributed by atoms with Crippen LogP contribution in [-0.2, 0) is 6.54 Å². The van der Waals surface area contributed by atoms with Crippen molar-refractivity contribution < 1.29 is 0 Å². The molecular weight excluding hydrogens is 354 g/mol. The summed E-state index contributed by atoms with van der Waals surface area (Å²) in [7, 11) is 0. The minimum Gasteiger partial charge on any atom is -0.342 e. The summed E-state index contributed by atoms with van der Waals surface area (Å²) < 4.78 is 2.26. The Morgan fingerprint density at radius 1 is 0.741 bits per heavy atom. The Bertz CT molecular complexity index is 1190. The summed E-state index contributed by atoms with van der Waals surface area (Å²) in [4.78, 5) is 0. The van der Waals surface area contributed by atoms with Crippen LogP contribution >= 0.6 is 11.6 Å². The van der Waals surface area contributed by atoms with Crippen LogP contribution < -0.4 is 0 Å². The number of halogens is 1. The van der Waals surface area contributed by atoms with E-state index in [1.807, 2.05) is 36.4 Å². The molecule has 2 aliphatic rings. The van der Waals surface area contributed by atoms with Crippen LogP contribution in [0.1, 0.15) is 5.56 Å². The van der Waals surface area contributed by atoms with Crippen molar-refractivity contribution in [1.29, 1.82) is 0 Å². The van der Waals surface area contributed by atoms with Crippen LogP contribution in [0, 0.1) is 0 Å². The molecule has 4 heteroatoms. The first kappa shape index (κ1) is 16.0. The molecule has 5 rings (SSSR count). The maximum Gasteiger partial charge on any atom is 0.106 e. The molecule has 3 aromatic carbocycles. The van der Waals surface area contributed by atoms with Crippen LogP contribution in [-0.4, -0.2) is 14.8 Å². The van der Waals surface area contributed by atoms with Crippen LogP contribution in [0.3, 0.4) is 0 Å². The number of aromatic nitrogens is 3. The molecule has 3 nitrogen and oxygen atoms in total. The molecule has 0 spiro atoms. The van der Waals surface area contributed by atoms with Gasteiger partial charge in [-0.25, -0.2) is 0 Å². The van der Waals surface area contributed by atoms with E-state index in [0.717, 1.165) is 45.0 Å². The molecule has 0 bridgehead atoms. The first-order valence-electron chi connectivity index (χ1n) is 8.84. The highest BCUT2D eigenvalue weighted by Crippen LogP contribution is 2.36. The molecule has 0 aromatic heterocycles. The quantitative estimate of drug-likeness (QED) is 0.396. The van der Waals surface area contributed by atoms with Gasteiger partial charge in [-0.1, -0.05) is 72.3 Å². The molecule has 2 heterocycles. The summed E-state index contributed by atoms with van der Waals surface area (Å²) in [6.45, 7) is 0.757. The fourth-order valence-corrected chi connectivity index (χ4v) is 3.64. The molecule has 0 unspecified atom stereocenters. The third-order valence-electron chi connectivity index (χ3n) is 4.83. The lowest BCUT2D eigenvalue weighted by Gasteiger charge is -2.15. The highest BCUT2D eigenvalue weighted by atomic mass is 35.5. The van der Waals surface area contributed by atoms with E-state index in [2.05, 4.69) is 63.4 Å². The van der Waals surface area contributed by atoms with E-state index < -0.39 is 0 Å². The number of nitrogens with zero attached hydrogens (tertiary/aromatic N) is 3. The average Bonchev–Trinajstić information content (AvgIpc) is 3.14. The number of hydrogen-bond donors (Lipinski definition) is 0. The molecule has 0 N–H and O–H groups in total. The Morgan fingerprint density at radius 2 is 1.44 bits per heavy atom. The lowest BCUT2D eigenvalue weighted by molar-refractivity contribution is 0.828. The zero-order valence-electron chi connectivity index (χ0n) is 14.5. The maximum atomic E-state index is 6.04. The molecule has 0 saturated heterocycles. The second-order valence-corrected chi connectivity index (χ2v) is 7.01. The summed E-state index contributed by atoms with van der Waals surface area (Å²) in [6.07, 6.45) is 2.16. The number of pyridine rings is 1. The van der Waals surface area contributed by atoms with Crippen molar-refractivity contribution >= 4 is 22.5 Å². The lowest BCUT2D eigenvalue weighted by atomic mass is 10.0. The minimum atomic E-state index is 0.750. The van der Waals surface area contributed by atoms with Gasteiger partial charge in [-0.05, 0) is 23.8 Å². The van der Waals surface area contributed by atoms with Crippen LogP contribution in [0.15, 0.2) is 85.1 Å². The standard InChI is InChI=1S/C23H16ClN3/c24-18-12-10-16(11-13-18)14-27-15-20-22(17-6-2-1-3-7-17)25-26-23(20)19-8-4-5-9-21(19)27/h1-13,15H,14H2. The van der Waals surface area contributed by atoms with Gasteiger partial charge in [0.05, 0.1) is 5.52 Å². The zero-order chi connectivity index (χ0) is 18.2. The highest BCUT2D eigenvalue weighted by molar-refractivity contribution is 6.30. The second kappa shape index (κ2) is 6.53. The second-order valence-electron chi connectivity index (χ2n) is 6.58. The van der Waals surface area contributed by atoms with Crippen molar-refractivity contribution in [2.45, 2.75) is 6.54 Å². The van der Waals surface area contributed by atoms with E-state index in [1.54, 1.807) is 0 Å². The van der Waals surface area contributed by atoms with Crippen LogP contribution in [0.2, 0.25) is 5.02 Å². The smallest absolute Gasteiger partial charge is 0.106 e. The maximum absolute atomic E-state index is 6.04. The van der Waals surface area contributed by atoms with Crippen molar-refractivity contribution in [3.05, 3.63) is 95.6 Å². The van der Waals surface area contributed by atoms with Crippen molar-refractivity contribution in [1.82, 2.24) is 14.8 Å². The van der Waals surface area contributed by atoms with Crippen molar-refractivity contribution in [3.8, 4) is 22.5 Å². The summed E-state index contributed by atoms with van der Waals surface area (Å²) in [6, 6.07) is 26.5. The fraction of sp³-hybridized carbons (Fsp3) is 0.0435. The summed E-state index contributed by atoms with van der Waals surface area (Å²) in [5, 5.41) is 10.9. The molecule has 0 saturated carbocycles. The van der Waals surface area contributed by atoms with E-state index >= 15 is 0 Å². The SMILES string of the molecule is Clc1ccc(Cn2cc3c(-c4ccccc4)nnc-3c3ccccc32)cc1. The normalized spacial score (nSPS) is 11.3. The van der Waals surface area contributed by atoms with Gasteiger partial charge in [0.1, 0.15) is 11.4 Å². The Morgan fingerprint density at radius 3 is 2.26 bits per heavy atom. The Balaban J connectivity index is 1.72. The van der Waals surface area contributed by atoms with Gasteiger partial charge in [0.25, 0.3) is 0 Å². The molecule has 130 valence electrons. The molecular formula is C23H16ClN3. The number of rotatable bonds is 3. The van der Waals surface area contributed by atoms with Gasteiger partial charge in [-0.15, -0.1) is 10.2 Å². The fourth-order valence-electron chi connectivity index (χ4n) is 3.52. The van der Waals surface area contributed by atoms with Crippen LogP contribution in [0.25, 0.3) is 33.4 Å². The molecule has 0 atom stereocenters. The molecule has 0 radical (unpaired) electrons. The van der Waals surface area contributed by atoms with Gasteiger partial charge in [-0.3, -0.25) is 0 Å². The highest BCUT2D eigenvalue weighted by Gasteiger charge is 2.19. The third kappa shape index (κ3) is 2.86. The molecule has 27 heavy (non-hydrogen) atoms. The molecule has 0 amide bonds. The molecule has 2 aliphatic heterocycles. The Labute approximate surface area is 162 Å². The van der Waals surface area contributed by atoms with E-state index in [1.165, 1.54) is 5.56 Å². The van der Waals surface area contributed by atoms with E-state index in [4.69, 9.17) is 11.6 Å².